The summed E-state index contributed by atoms with van der Waals surface area (Å²) in [4.78, 5) is 36.4. The van der Waals surface area contributed by atoms with Gasteiger partial charge in [0, 0.05) is 25.3 Å². The third-order valence-corrected chi connectivity index (χ3v) is 5.91. The molecular formula is C22H28O7. The number of rotatable bonds is 3. The summed E-state index contributed by atoms with van der Waals surface area (Å²) in [5.41, 5.74) is 1.03. The van der Waals surface area contributed by atoms with Crippen LogP contribution >= 0.6 is 0 Å². The Balaban J connectivity index is 1.93. The smallest absolute Gasteiger partial charge is 0.341 e. The topological polar surface area (TPSA) is 91.4 Å². The van der Waals surface area contributed by atoms with Gasteiger partial charge in [0.15, 0.2) is 5.60 Å². The number of esters is 3. The van der Waals surface area contributed by atoms with E-state index in [0.29, 0.717) is 12.8 Å². The Labute approximate surface area is 170 Å². The zero-order valence-corrected chi connectivity index (χ0v) is 17.5. The van der Waals surface area contributed by atoms with Gasteiger partial charge in [0.05, 0.1) is 12.0 Å². The van der Waals surface area contributed by atoms with Gasteiger partial charge in [-0.3, -0.25) is 4.79 Å². The molecule has 0 spiro atoms. The van der Waals surface area contributed by atoms with E-state index in [1.807, 2.05) is 26.8 Å². The fourth-order valence-electron chi connectivity index (χ4n) is 3.83. The van der Waals surface area contributed by atoms with Crippen LogP contribution in [0.25, 0.3) is 0 Å². The molecule has 0 saturated carbocycles. The van der Waals surface area contributed by atoms with Crippen molar-refractivity contribution in [2.24, 2.45) is 5.92 Å². The fraction of sp³-hybridized carbons (Fsp3) is 0.591. The second-order valence-corrected chi connectivity index (χ2v) is 8.23. The molecule has 3 rings (SSSR count). The van der Waals surface area contributed by atoms with Crippen molar-refractivity contribution >= 4 is 17.9 Å². The standard InChI is InChI=1S/C22H28O7/c1-11-7-8-16(26-15(5)23)12(2)10-18-19(13(3)20(24)27-18)17(9-11)28-21(25)22(6)14(4)29-22/h7,10,14,16-19H,3,8-9H2,1-2,4-6H3/b11-7-,12-10-/t14?,16-,17+,18-,19+,22?/m0/s1. The molecule has 29 heavy (non-hydrogen) atoms. The molecule has 6 atom stereocenters. The molecule has 1 aliphatic carbocycles. The van der Waals surface area contributed by atoms with Crippen molar-refractivity contribution in [1.82, 2.24) is 0 Å². The zero-order chi connectivity index (χ0) is 21.5. The molecule has 0 bridgehead atoms. The summed E-state index contributed by atoms with van der Waals surface area (Å²) in [6.07, 6.45) is 2.69. The second kappa shape index (κ2) is 7.78. The van der Waals surface area contributed by atoms with E-state index in [2.05, 4.69) is 6.58 Å². The van der Waals surface area contributed by atoms with Crippen LogP contribution in [0, 0.1) is 5.92 Å². The van der Waals surface area contributed by atoms with Gasteiger partial charge in [-0.15, -0.1) is 0 Å². The minimum Gasteiger partial charge on any atom is -0.459 e. The lowest BCUT2D eigenvalue weighted by Crippen LogP contribution is -2.38. The first-order chi connectivity index (χ1) is 13.5. The molecule has 2 heterocycles. The van der Waals surface area contributed by atoms with Crippen molar-refractivity contribution in [2.75, 3.05) is 0 Å². The van der Waals surface area contributed by atoms with Gasteiger partial charge in [-0.25, -0.2) is 9.59 Å². The zero-order valence-electron chi connectivity index (χ0n) is 17.5. The predicted molar refractivity (Wildman–Crippen MR) is 104 cm³/mol. The van der Waals surface area contributed by atoms with Crippen molar-refractivity contribution in [3.8, 4) is 0 Å². The van der Waals surface area contributed by atoms with E-state index in [1.54, 1.807) is 13.0 Å². The number of carbonyl (C=O) groups excluding carboxylic acids is 3. The molecular weight excluding hydrogens is 376 g/mol. The summed E-state index contributed by atoms with van der Waals surface area (Å²) in [5.74, 6) is -1.88. The third-order valence-electron chi connectivity index (χ3n) is 5.91. The van der Waals surface area contributed by atoms with Crippen LogP contribution in [0.4, 0.5) is 0 Å². The van der Waals surface area contributed by atoms with E-state index in [0.717, 1.165) is 11.1 Å². The maximum Gasteiger partial charge on any atom is 0.341 e. The minimum atomic E-state index is -0.959. The van der Waals surface area contributed by atoms with Crippen LogP contribution in [0.3, 0.4) is 0 Å². The second-order valence-electron chi connectivity index (χ2n) is 8.23. The lowest BCUT2D eigenvalue weighted by molar-refractivity contribution is -0.158. The van der Waals surface area contributed by atoms with Gasteiger partial charge in [0.2, 0.25) is 0 Å². The summed E-state index contributed by atoms with van der Waals surface area (Å²) in [6.45, 7) is 12.5. The van der Waals surface area contributed by atoms with Gasteiger partial charge in [0.25, 0.3) is 0 Å². The van der Waals surface area contributed by atoms with E-state index in [9.17, 15) is 14.4 Å². The van der Waals surface area contributed by atoms with E-state index >= 15 is 0 Å². The summed E-state index contributed by atoms with van der Waals surface area (Å²) >= 11 is 0. The highest BCUT2D eigenvalue weighted by molar-refractivity contribution is 5.91. The molecule has 0 aromatic carbocycles. The van der Waals surface area contributed by atoms with Crippen LogP contribution in [0.15, 0.2) is 35.5 Å². The molecule has 2 unspecified atom stereocenters. The third kappa shape index (κ3) is 4.29. The van der Waals surface area contributed by atoms with Crippen LogP contribution < -0.4 is 0 Å². The van der Waals surface area contributed by atoms with E-state index in [-0.39, 0.29) is 17.6 Å². The van der Waals surface area contributed by atoms with Crippen molar-refractivity contribution in [3.05, 3.63) is 35.5 Å². The summed E-state index contributed by atoms with van der Waals surface area (Å²) in [6, 6.07) is 0. The van der Waals surface area contributed by atoms with Gasteiger partial charge in [-0.05, 0) is 39.3 Å². The first-order valence-corrected chi connectivity index (χ1v) is 9.82. The van der Waals surface area contributed by atoms with Gasteiger partial charge in [-0.2, -0.15) is 0 Å². The molecule has 0 aromatic rings. The number of epoxide rings is 1. The minimum absolute atomic E-state index is 0.210. The molecule has 0 amide bonds. The predicted octanol–water partition coefficient (Wildman–Crippen LogP) is 2.79. The molecule has 0 aromatic heterocycles. The quantitative estimate of drug-likeness (QED) is 0.235. The van der Waals surface area contributed by atoms with Crippen LogP contribution in [0.1, 0.15) is 47.5 Å². The number of hydrogen-bond acceptors (Lipinski definition) is 7. The number of carbonyl (C=O) groups is 3. The van der Waals surface area contributed by atoms with Crippen molar-refractivity contribution in [2.45, 2.75) is 77.5 Å². The van der Waals surface area contributed by atoms with Gasteiger partial charge >= 0.3 is 17.9 Å². The van der Waals surface area contributed by atoms with Crippen LogP contribution in [-0.4, -0.2) is 47.9 Å². The van der Waals surface area contributed by atoms with Crippen molar-refractivity contribution < 1.29 is 33.3 Å². The summed E-state index contributed by atoms with van der Waals surface area (Å²) in [5, 5.41) is 0. The maximum atomic E-state index is 12.7. The van der Waals surface area contributed by atoms with Crippen molar-refractivity contribution in [3.63, 3.8) is 0 Å². The lowest BCUT2D eigenvalue weighted by Gasteiger charge is -2.29. The fourth-order valence-corrected chi connectivity index (χ4v) is 3.83. The molecule has 2 fully saturated rings. The average molecular weight is 404 g/mol. The van der Waals surface area contributed by atoms with Gasteiger partial charge in [0.1, 0.15) is 18.3 Å². The van der Waals surface area contributed by atoms with Crippen LogP contribution in [0.2, 0.25) is 0 Å². The highest BCUT2D eigenvalue weighted by atomic mass is 16.7. The molecule has 0 N–H and O–H groups in total. The molecule has 2 aliphatic heterocycles. The highest BCUT2D eigenvalue weighted by Gasteiger charge is 2.58. The summed E-state index contributed by atoms with van der Waals surface area (Å²) in [7, 11) is 0. The average Bonchev–Trinajstić information content (AvgIpc) is 3.15. The molecule has 3 aliphatic rings. The molecule has 7 heteroatoms. The maximum absolute atomic E-state index is 12.7. The first-order valence-electron chi connectivity index (χ1n) is 9.82. The Morgan fingerprint density at radius 2 is 1.93 bits per heavy atom. The molecule has 0 radical (unpaired) electrons. The molecule has 2 saturated heterocycles. The highest BCUT2D eigenvalue weighted by Crippen LogP contribution is 2.40. The van der Waals surface area contributed by atoms with Gasteiger partial charge < -0.3 is 18.9 Å². The van der Waals surface area contributed by atoms with Gasteiger partial charge in [-0.1, -0.05) is 18.2 Å². The van der Waals surface area contributed by atoms with E-state index in [4.69, 9.17) is 18.9 Å². The number of ether oxygens (including phenoxy) is 4. The largest absolute Gasteiger partial charge is 0.459 e. The van der Waals surface area contributed by atoms with E-state index < -0.39 is 41.8 Å². The van der Waals surface area contributed by atoms with E-state index in [1.165, 1.54) is 6.92 Å². The Morgan fingerprint density at radius 3 is 2.52 bits per heavy atom. The Hall–Kier alpha value is -2.41. The van der Waals surface area contributed by atoms with Crippen molar-refractivity contribution in [1.29, 1.82) is 0 Å². The molecule has 158 valence electrons. The Kier molecular flexibility index (Phi) is 5.72. The SMILES string of the molecule is C=C1C(=O)O[C@H]2/C=C(/C)[C@@H](OC(C)=O)C/C=C(/C)C[C@@H](OC(=O)C3(C)OC3C)[C@@H]12. The van der Waals surface area contributed by atoms with Crippen LogP contribution in [0.5, 0.6) is 0 Å². The number of hydrogen-bond donors (Lipinski definition) is 0. The molecule has 7 nitrogen and oxygen atoms in total. The van der Waals surface area contributed by atoms with Crippen LogP contribution in [-0.2, 0) is 33.3 Å². The Morgan fingerprint density at radius 1 is 1.28 bits per heavy atom. The Bertz CT molecular complexity index is 808. The first kappa shape index (κ1) is 21.3. The number of fused-ring (bicyclic) bond motifs is 1. The monoisotopic (exact) mass is 404 g/mol. The normalized spacial score (nSPS) is 40.5. The summed E-state index contributed by atoms with van der Waals surface area (Å²) < 4.78 is 22.2. The lowest BCUT2D eigenvalue weighted by atomic mass is 9.85.